The van der Waals surface area contributed by atoms with E-state index in [-0.39, 0.29) is 49.2 Å². The predicted molar refractivity (Wildman–Crippen MR) is 80.7 cm³/mol. The highest BCUT2D eigenvalue weighted by molar-refractivity contribution is 5.85. The maximum absolute atomic E-state index is 14.0. The Morgan fingerprint density at radius 3 is 2.23 bits per heavy atom. The molecule has 3 nitrogen and oxygen atoms in total. The molecule has 1 heterocycles. The van der Waals surface area contributed by atoms with Gasteiger partial charge < -0.3 is 10.1 Å². The summed E-state index contributed by atoms with van der Waals surface area (Å²) in [5.41, 5.74) is -0.361. The number of alkyl halides is 3. The zero-order valence-corrected chi connectivity index (χ0v) is 13.5. The first kappa shape index (κ1) is 21.2. The van der Waals surface area contributed by atoms with Crippen molar-refractivity contribution in [3.8, 4) is 5.75 Å². The van der Waals surface area contributed by atoms with Crippen LogP contribution in [0.15, 0.2) is 18.2 Å². The molecule has 1 aromatic rings. The molecule has 2 rings (SSSR count). The lowest BCUT2D eigenvalue weighted by molar-refractivity contribution is -0.188. The second-order valence-electron chi connectivity index (χ2n) is 4.62. The van der Waals surface area contributed by atoms with Gasteiger partial charge in [-0.2, -0.15) is 13.2 Å². The summed E-state index contributed by atoms with van der Waals surface area (Å²) < 4.78 is 58.6. The van der Waals surface area contributed by atoms with Gasteiger partial charge in [-0.15, -0.1) is 24.8 Å². The summed E-state index contributed by atoms with van der Waals surface area (Å²) in [5, 5.41) is 2.98. The molecule has 1 aromatic carbocycles. The second-order valence-corrected chi connectivity index (χ2v) is 4.62. The van der Waals surface area contributed by atoms with Crippen molar-refractivity contribution in [3.63, 3.8) is 0 Å². The largest absolute Gasteiger partial charge is 0.497 e. The third kappa shape index (κ3) is 4.87. The SMILES string of the molecule is COc1ccc([C@@H](N2CCNCC2)C(F)(F)F)c(F)c1.Cl.Cl. The van der Waals surface area contributed by atoms with Crippen molar-refractivity contribution in [2.24, 2.45) is 0 Å². The van der Waals surface area contributed by atoms with Gasteiger partial charge in [0.15, 0.2) is 0 Å². The number of piperazine rings is 1. The van der Waals surface area contributed by atoms with E-state index in [1.807, 2.05) is 0 Å². The fraction of sp³-hybridized carbons (Fsp3) is 0.538. The van der Waals surface area contributed by atoms with E-state index in [1.54, 1.807) is 0 Å². The fourth-order valence-corrected chi connectivity index (χ4v) is 2.38. The van der Waals surface area contributed by atoms with Crippen LogP contribution in [0.25, 0.3) is 0 Å². The summed E-state index contributed by atoms with van der Waals surface area (Å²) in [7, 11) is 1.34. The molecule has 1 aliphatic heterocycles. The number of nitrogens with zero attached hydrogens (tertiary/aromatic N) is 1. The van der Waals surface area contributed by atoms with Crippen LogP contribution in [0.5, 0.6) is 5.75 Å². The zero-order valence-electron chi connectivity index (χ0n) is 11.8. The standard InChI is InChI=1S/C13H16F4N2O.2ClH/c1-20-9-2-3-10(11(14)8-9)12(13(15,16)17)19-6-4-18-5-7-19;;/h2-3,8,12,18H,4-7H2,1H3;2*1H/t12-;;/m1../s1. The Labute approximate surface area is 138 Å². The van der Waals surface area contributed by atoms with E-state index in [9.17, 15) is 17.6 Å². The van der Waals surface area contributed by atoms with Crippen molar-refractivity contribution in [1.29, 1.82) is 0 Å². The molecule has 1 saturated heterocycles. The first-order chi connectivity index (χ1) is 9.43. The number of benzene rings is 1. The highest BCUT2D eigenvalue weighted by Gasteiger charge is 2.46. The summed E-state index contributed by atoms with van der Waals surface area (Å²) in [6, 6.07) is 1.56. The lowest BCUT2D eigenvalue weighted by Gasteiger charge is -2.36. The van der Waals surface area contributed by atoms with Gasteiger partial charge in [-0.1, -0.05) is 6.07 Å². The van der Waals surface area contributed by atoms with Crippen LogP contribution < -0.4 is 10.1 Å². The number of halogens is 6. The van der Waals surface area contributed by atoms with Crippen LogP contribution >= 0.6 is 24.8 Å². The monoisotopic (exact) mass is 364 g/mol. The van der Waals surface area contributed by atoms with Crippen molar-refractivity contribution >= 4 is 24.8 Å². The number of methoxy groups -OCH3 is 1. The minimum atomic E-state index is -4.52. The van der Waals surface area contributed by atoms with Crippen molar-refractivity contribution in [2.75, 3.05) is 33.3 Å². The summed E-state index contributed by atoms with van der Waals surface area (Å²) in [6.45, 7) is 1.39. The van der Waals surface area contributed by atoms with Crippen LogP contribution in [-0.2, 0) is 0 Å². The highest BCUT2D eigenvalue weighted by Crippen LogP contribution is 2.39. The van der Waals surface area contributed by atoms with Crippen LogP contribution in [0.3, 0.4) is 0 Å². The molecular weight excluding hydrogens is 347 g/mol. The van der Waals surface area contributed by atoms with Gasteiger partial charge >= 0.3 is 6.18 Å². The maximum atomic E-state index is 14.0. The summed E-state index contributed by atoms with van der Waals surface area (Å²) in [4.78, 5) is 1.25. The van der Waals surface area contributed by atoms with Crippen molar-refractivity contribution < 1.29 is 22.3 Å². The Hall–Kier alpha value is -0.760. The van der Waals surface area contributed by atoms with Crippen LogP contribution in [0.2, 0.25) is 0 Å². The van der Waals surface area contributed by atoms with Crippen molar-refractivity contribution in [2.45, 2.75) is 12.2 Å². The van der Waals surface area contributed by atoms with E-state index in [0.717, 1.165) is 12.1 Å². The Morgan fingerprint density at radius 2 is 1.77 bits per heavy atom. The average Bonchev–Trinajstić information content (AvgIpc) is 2.40. The molecule has 1 aliphatic rings. The molecular formula is C13H18Cl2F4N2O. The smallest absolute Gasteiger partial charge is 0.408 e. The van der Waals surface area contributed by atoms with Gasteiger partial charge in [0.25, 0.3) is 0 Å². The molecule has 1 atom stereocenters. The number of hydrogen-bond acceptors (Lipinski definition) is 3. The van der Waals surface area contributed by atoms with Gasteiger partial charge in [0.05, 0.1) is 7.11 Å². The fourth-order valence-electron chi connectivity index (χ4n) is 2.38. The highest BCUT2D eigenvalue weighted by atomic mass is 35.5. The summed E-state index contributed by atoms with van der Waals surface area (Å²) in [5.74, 6) is -0.697. The van der Waals surface area contributed by atoms with Gasteiger partial charge in [-0.3, -0.25) is 4.90 Å². The van der Waals surface area contributed by atoms with Crippen molar-refractivity contribution in [3.05, 3.63) is 29.6 Å². The minimum absolute atomic E-state index is 0. The molecule has 0 aliphatic carbocycles. The van der Waals surface area contributed by atoms with E-state index in [2.05, 4.69) is 5.32 Å². The number of hydrogen-bond donors (Lipinski definition) is 1. The van der Waals surface area contributed by atoms with Crippen LogP contribution in [0.4, 0.5) is 17.6 Å². The average molecular weight is 365 g/mol. The van der Waals surface area contributed by atoms with Crippen molar-refractivity contribution in [1.82, 2.24) is 10.2 Å². The van der Waals surface area contributed by atoms with Gasteiger partial charge in [0, 0.05) is 37.8 Å². The first-order valence-electron chi connectivity index (χ1n) is 6.28. The first-order valence-corrected chi connectivity index (χ1v) is 6.28. The Kier molecular flexibility index (Phi) is 8.46. The molecule has 0 amide bonds. The molecule has 1 N–H and O–H groups in total. The number of nitrogens with one attached hydrogen (secondary N) is 1. The Morgan fingerprint density at radius 1 is 1.18 bits per heavy atom. The van der Waals surface area contributed by atoms with E-state index >= 15 is 0 Å². The van der Waals surface area contributed by atoms with Gasteiger partial charge in [-0.05, 0) is 6.07 Å². The quantitative estimate of drug-likeness (QED) is 0.833. The third-order valence-corrected chi connectivity index (χ3v) is 3.33. The third-order valence-electron chi connectivity index (χ3n) is 3.33. The lowest BCUT2D eigenvalue weighted by atomic mass is 10.0. The van der Waals surface area contributed by atoms with Gasteiger partial charge in [0.2, 0.25) is 0 Å². The Balaban J connectivity index is 0.00000220. The van der Waals surface area contributed by atoms with Gasteiger partial charge in [0.1, 0.15) is 17.6 Å². The van der Waals surface area contributed by atoms with Crippen LogP contribution in [0, 0.1) is 5.82 Å². The molecule has 1 fully saturated rings. The van der Waals surface area contributed by atoms with E-state index in [1.165, 1.54) is 18.1 Å². The number of ether oxygens (including phenoxy) is 1. The Bertz CT molecular complexity index is 468. The predicted octanol–water partition coefficient (Wildman–Crippen LogP) is 3.19. The van der Waals surface area contributed by atoms with E-state index < -0.39 is 18.0 Å². The summed E-state index contributed by atoms with van der Waals surface area (Å²) in [6.07, 6.45) is -4.52. The number of rotatable bonds is 3. The van der Waals surface area contributed by atoms with E-state index in [0.29, 0.717) is 13.1 Å². The molecule has 22 heavy (non-hydrogen) atoms. The molecule has 0 spiro atoms. The molecule has 9 heteroatoms. The van der Waals surface area contributed by atoms with Gasteiger partial charge in [-0.25, -0.2) is 4.39 Å². The van der Waals surface area contributed by atoms with Crippen LogP contribution in [-0.4, -0.2) is 44.4 Å². The molecule has 0 unspecified atom stereocenters. The second kappa shape index (κ2) is 8.76. The molecule has 0 bridgehead atoms. The normalized spacial score (nSPS) is 17.1. The minimum Gasteiger partial charge on any atom is -0.497 e. The molecule has 128 valence electrons. The van der Waals surface area contributed by atoms with E-state index in [4.69, 9.17) is 4.74 Å². The summed E-state index contributed by atoms with van der Waals surface area (Å²) >= 11 is 0. The maximum Gasteiger partial charge on any atom is 0.408 e. The topological polar surface area (TPSA) is 24.5 Å². The molecule has 0 radical (unpaired) electrons. The lowest BCUT2D eigenvalue weighted by Crippen LogP contribution is -2.49. The zero-order chi connectivity index (χ0) is 14.8. The van der Waals surface area contributed by atoms with Crippen LogP contribution in [0.1, 0.15) is 11.6 Å². The molecule has 0 aromatic heterocycles. The molecule has 0 saturated carbocycles.